The van der Waals surface area contributed by atoms with Gasteiger partial charge in [0.25, 0.3) is 0 Å². The molecule has 6 saturated carbocycles. The molecule has 6 aliphatic carbocycles. The Labute approximate surface area is 569 Å². The van der Waals surface area contributed by atoms with E-state index in [-0.39, 0.29) is 60.9 Å². The highest BCUT2D eigenvalue weighted by Gasteiger charge is 2.81. The molecule has 12 rings (SSSR count). The maximum atomic E-state index is 13.4. The second-order valence-electron chi connectivity index (χ2n) is 30.4. The zero-order chi connectivity index (χ0) is 73.4. The van der Waals surface area contributed by atoms with Crippen LogP contribution in [0.25, 0.3) is 0 Å². The van der Waals surface area contributed by atoms with Crippen LogP contribution in [0.3, 0.4) is 0 Å². The molecule has 31 heteroatoms. The van der Waals surface area contributed by atoms with Gasteiger partial charge in [-0.3, -0.25) is 43.2 Å². The SMILES string of the molecule is CCC(C)(C)C(=O)OC(C)C(=O)OC1C2CC3C(=O)OC1C3C2.CCC(C)(C)C(=O)OCC(=O)OC1C2CC3(C#N)C(=O)OC1C3O2.CCC(C)(C)C(=O)OCC(=O)OC1C2CC3C1OC(=O)C3(C(=O)OC)C2.CCC(C)(C)C(=O)OCC(=O)OC1C2CC3C1OC(=O)C3(C(F)(F)F)C2. The summed E-state index contributed by atoms with van der Waals surface area (Å²) in [6, 6.07) is 1.98. The summed E-state index contributed by atoms with van der Waals surface area (Å²) in [5, 5.41) is 9.25. The van der Waals surface area contributed by atoms with Crippen molar-refractivity contribution in [2.24, 2.45) is 79.3 Å². The molecule has 21 unspecified atom stereocenters. The molecule has 0 aromatic heterocycles. The van der Waals surface area contributed by atoms with Crippen LogP contribution in [0.4, 0.5) is 13.2 Å². The molecular weight excluding hydrogens is 1320 g/mol. The van der Waals surface area contributed by atoms with Gasteiger partial charge in [-0.1, -0.05) is 27.7 Å². The number of nitriles is 1. The second-order valence-corrected chi connectivity index (χ2v) is 30.4. The highest BCUT2D eigenvalue weighted by Crippen LogP contribution is 2.68. The van der Waals surface area contributed by atoms with E-state index in [9.17, 15) is 80.8 Å². The van der Waals surface area contributed by atoms with Gasteiger partial charge in [-0.05, 0) is 127 Å². The minimum Gasteiger partial charge on any atom is -0.468 e. The van der Waals surface area contributed by atoms with Crippen molar-refractivity contribution >= 4 is 77.6 Å². The lowest BCUT2D eigenvalue weighted by Crippen LogP contribution is -2.48. The van der Waals surface area contributed by atoms with Gasteiger partial charge in [0.05, 0.1) is 40.8 Å². The van der Waals surface area contributed by atoms with Crippen LogP contribution in [0.15, 0.2) is 0 Å². The number of halogens is 3. The quantitative estimate of drug-likeness (QED) is 0.0752. The number of carbonyl (C=O) groups is 13. The molecule has 21 atom stereocenters. The molecule has 6 heterocycles. The fraction of sp³-hybridized carbons (Fsp3) is 0.794. The first-order valence-electron chi connectivity index (χ1n) is 33.7. The van der Waals surface area contributed by atoms with E-state index >= 15 is 0 Å². The van der Waals surface area contributed by atoms with Gasteiger partial charge in [0.1, 0.15) is 48.8 Å². The van der Waals surface area contributed by atoms with E-state index in [4.69, 9.17) is 66.3 Å². The van der Waals surface area contributed by atoms with Gasteiger partial charge in [0, 0.05) is 41.9 Å². The molecule has 0 aromatic carbocycles. The Balaban J connectivity index is 0.000000154. The normalized spacial score (nSPS) is 35.4. The van der Waals surface area contributed by atoms with Crippen molar-refractivity contribution in [2.45, 2.75) is 234 Å². The van der Waals surface area contributed by atoms with E-state index in [1.807, 2.05) is 26.8 Å². The van der Waals surface area contributed by atoms with Crippen molar-refractivity contribution in [1.82, 2.24) is 0 Å². The number of hydrogen-bond acceptors (Lipinski definition) is 28. The Morgan fingerprint density at radius 2 is 1.00 bits per heavy atom. The lowest BCUT2D eigenvalue weighted by molar-refractivity contribution is -0.231. The number of rotatable bonds is 21. The summed E-state index contributed by atoms with van der Waals surface area (Å²) in [4.78, 5) is 156. The van der Waals surface area contributed by atoms with E-state index in [1.165, 1.54) is 14.0 Å². The number of nitrogens with zero attached hydrogens (tertiary/aromatic N) is 1. The first-order chi connectivity index (χ1) is 46.1. The maximum absolute atomic E-state index is 13.4. The average Bonchev–Trinajstić information content (AvgIpc) is 1.54. The molecular formula is C68H88F3NO27. The summed E-state index contributed by atoms with van der Waals surface area (Å²) in [5.74, 6) is -9.79. The van der Waals surface area contributed by atoms with E-state index < -0.39 is 215 Å². The fourth-order valence-electron chi connectivity index (χ4n) is 15.5. The van der Waals surface area contributed by atoms with Gasteiger partial charge in [-0.25, -0.2) is 19.2 Å². The second kappa shape index (κ2) is 27.4. The largest absolute Gasteiger partial charge is 0.468 e. The topological polar surface area (TPSA) is 375 Å². The van der Waals surface area contributed by atoms with Gasteiger partial charge >= 0.3 is 83.8 Å². The monoisotopic (exact) mass is 1410 g/mol. The lowest BCUT2D eigenvalue weighted by Gasteiger charge is -2.33. The molecule has 0 amide bonds. The molecule has 6 aliphatic heterocycles. The third-order valence-electron chi connectivity index (χ3n) is 23.1. The van der Waals surface area contributed by atoms with Crippen LogP contribution >= 0.6 is 0 Å². The zero-order valence-electron chi connectivity index (χ0n) is 57.9. The summed E-state index contributed by atoms with van der Waals surface area (Å²) < 4.78 is 113. The number of carbonyl (C=O) groups excluding carboxylic acids is 13. The molecule has 0 radical (unpaired) electrons. The molecule has 548 valence electrons. The molecule has 28 nitrogen and oxygen atoms in total. The predicted octanol–water partition coefficient (Wildman–Crippen LogP) is 5.73. The van der Waals surface area contributed by atoms with Gasteiger partial charge < -0.3 is 66.3 Å². The Morgan fingerprint density at radius 1 is 0.545 bits per heavy atom. The van der Waals surface area contributed by atoms with Crippen molar-refractivity contribution in [3.05, 3.63) is 0 Å². The summed E-state index contributed by atoms with van der Waals surface area (Å²) >= 11 is 0. The molecule has 8 bridgehead atoms. The average molecular weight is 1410 g/mol. The van der Waals surface area contributed by atoms with Crippen LogP contribution in [-0.4, -0.2) is 178 Å². The third-order valence-corrected chi connectivity index (χ3v) is 23.1. The minimum absolute atomic E-state index is 0.0134. The van der Waals surface area contributed by atoms with E-state index in [2.05, 4.69) is 0 Å². The summed E-state index contributed by atoms with van der Waals surface area (Å²) in [6.45, 7) is 21.1. The number of fused-ring (bicyclic) bond motifs is 4. The van der Waals surface area contributed by atoms with Crippen molar-refractivity contribution in [3.8, 4) is 6.07 Å². The minimum atomic E-state index is -4.69. The Kier molecular flexibility index (Phi) is 20.9. The molecule has 12 fully saturated rings. The van der Waals surface area contributed by atoms with Crippen LogP contribution in [0, 0.1) is 90.7 Å². The lowest BCUT2D eigenvalue weighted by atomic mass is 9.73. The Bertz CT molecular complexity index is 3340. The number of esters is 13. The highest BCUT2D eigenvalue weighted by molar-refractivity contribution is 6.03. The van der Waals surface area contributed by atoms with Crippen LogP contribution in [0.2, 0.25) is 0 Å². The van der Waals surface area contributed by atoms with Crippen molar-refractivity contribution in [1.29, 1.82) is 5.26 Å². The number of alkyl halides is 3. The van der Waals surface area contributed by atoms with Crippen molar-refractivity contribution in [3.63, 3.8) is 0 Å². The van der Waals surface area contributed by atoms with E-state index in [0.717, 1.165) is 12.8 Å². The van der Waals surface area contributed by atoms with Crippen molar-refractivity contribution in [2.75, 3.05) is 26.9 Å². The third kappa shape index (κ3) is 13.3. The zero-order valence-corrected chi connectivity index (χ0v) is 57.9. The summed E-state index contributed by atoms with van der Waals surface area (Å²) in [6.07, 6.45) is -7.89. The maximum Gasteiger partial charge on any atom is 0.405 e. The summed E-state index contributed by atoms with van der Waals surface area (Å²) in [7, 11) is 1.24. The summed E-state index contributed by atoms with van der Waals surface area (Å²) in [5.41, 5.74) is -7.74. The Morgan fingerprint density at radius 3 is 1.49 bits per heavy atom. The number of ether oxygens (including phenoxy) is 14. The van der Waals surface area contributed by atoms with Crippen LogP contribution in [0.1, 0.15) is 161 Å². The van der Waals surface area contributed by atoms with Crippen molar-refractivity contribution < 1.29 is 142 Å². The van der Waals surface area contributed by atoms with Gasteiger partial charge in [-0.15, -0.1) is 0 Å². The van der Waals surface area contributed by atoms with E-state index in [0.29, 0.717) is 32.1 Å². The molecule has 6 saturated heterocycles. The van der Waals surface area contributed by atoms with Crippen LogP contribution in [-0.2, 0) is 129 Å². The molecule has 99 heavy (non-hydrogen) atoms. The smallest absolute Gasteiger partial charge is 0.405 e. The van der Waals surface area contributed by atoms with Gasteiger partial charge in [-0.2, -0.15) is 18.4 Å². The van der Waals surface area contributed by atoms with Gasteiger partial charge in [0.2, 0.25) is 0 Å². The first kappa shape index (κ1) is 75.5. The Hall–Kier alpha value is -7.65. The molecule has 0 spiro atoms. The molecule has 0 aromatic rings. The van der Waals surface area contributed by atoms with E-state index in [1.54, 1.807) is 62.3 Å². The first-order valence-corrected chi connectivity index (χ1v) is 33.7. The molecule has 0 N–H and O–H groups in total. The number of methoxy groups -OCH3 is 1. The fourth-order valence-corrected chi connectivity index (χ4v) is 15.5. The molecule has 12 aliphatic rings. The predicted molar refractivity (Wildman–Crippen MR) is 320 cm³/mol. The standard InChI is InChI=1S/C18H24O8.C17H21F3O6.C17H24O6.C16H19NO7/c1-5-17(2,3)14(20)24-8-11(19)25-12-9-6-10-13(12)26-16(22)18(10,7-9)15(21)23-4;1-4-15(2,3)13(22)24-7-10(21)25-11-8-5-9-12(11)26-14(23)16(9,6-8)17(18,19)20;1-5-17(3,4)16(20)21-8(2)14(18)22-12-9-6-10-11(7-9)15(19)23-13(10)12;1-4-15(2,3)13(19)21-6-9(18)23-10-8-5-16(7-17)12(22-8)11(10)24-14(16)20/h9-10,12-13H,5-8H2,1-4H3;8-9,11-12H,4-7H2,1-3H3;8-13H,5-7H2,1-4H3;8,10-12H,4-6H2,1-3H3. The van der Waals surface area contributed by atoms with Crippen LogP contribution in [0.5, 0.6) is 0 Å². The highest BCUT2D eigenvalue weighted by atomic mass is 19.4. The number of hydrogen-bond donors (Lipinski definition) is 0. The van der Waals surface area contributed by atoms with Gasteiger partial charge in [0.15, 0.2) is 54.4 Å². The van der Waals surface area contributed by atoms with Crippen LogP contribution < -0.4 is 0 Å².